The molecule has 0 saturated carbocycles. The second kappa shape index (κ2) is 13.4. The number of carbonyl (C=O) groups excluding carboxylic acids is 3. The van der Waals surface area contributed by atoms with Crippen molar-refractivity contribution in [2.75, 3.05) is 69.8 Å². The molecular formula is C30H32ClN7O3S. The summed E-state index contributed by atoms with van der Waals surface area (Å²) in [6, 6.07) is 15.6. The molecule has 0 radical (unpaired) electrons. The van der Waals surface area contributed by atoms with Crippen LogP contribution in [-0.2, 0) is 4.79 Å². The fourth-order valence-electron chi connectivity index (χ4n) is 4.64. The number of rotatable bonds is 8. The Morgan fingerprint density at radius 3 is 2.33 bits per heavy atom. The Labute approximate surface area is 254 Å². The predicted molar refractivity (Wildman–Crippen MR) is 167 cm³/mol. The van der Waals surface area contributed by atoms with Crippen LogP contribution < -0.4 is 10.6 Å². The van der Waals surface area contributed by atoms with Crippen LogP contribution in [0.1, 0.15) is 26.3 Å². The van der Waals surface area contributed by atoms with Crippen molar-refractivity contribution in [1.29, 1.82) is 0 Å². The molecule has 0 atom stereocenters. The van der Waals surface area contributed by atoms with Gasteiger partial charge in [0.2, 0.25) is 5.91 Å². The first-order valence-electron chi connectivity index (χ1n) is 13.6. The van der Waals surface area contributed by atoms with Crippen molar-refractivity contribution in [3.63, 3.8) is 0 Å². The van der Waals surface area contributed by atoms with Crippen LogP contribution in [0.3, 0.4) is 0 Å². The third-order valence-corrected chi connectivity index (χ3v) is 8.34. The number of hydrogen-bond acceptors (Lipinski definition) is 8. The number of piperazine rings is 1. The summed E-state index contributed by atoms with van der Waals surface area (Å²) in [7, 11) is 4.03. The number of amidine groups is 1. The molecule has 1 saturated heterocycles. The second-order valence-electron chi connectivity index (χ2n) is 10.2. The largest absolute Gasteiger partial charge is 0.358 e. The molecule has 0 aliphatic carbocycles. The topological polar surface area (TPSA) is 110 Å². The highest BCUT2D eigenvalue weighted by atomic mass is 35.5. The van der Waals surface area contributed by atoms with Crippen molar-refractivity contribution in [2.24, 2.45) is 4.99 Å². The number of amides is 3. The Kier molecular flexibility index (Phi) is 9.41. The van der Waals surface area contributed by atoms with Gasteiger partial charge in [-0.3, -0.25) is 19.4 Å². The molecule has 1 fully saturated rings. The number of nitrogens with zero attached hydrogens (tertiary/aromatic N) is 5. The molecule has 218 valence electrons. The van der Waals surface area contributed by atoms with E-state index in [2.05, 4.69) is 30.4 Å². The summed E-state index contributed by atoms with van der Waals surface area (Å²) in [5, 5.41) is 6.09. The van der Waals surface area contributed by atoms with E-state index in [0.717, 1.165) is 42.5 Å². The summed E-state index contributed by atoms with van der Waals surface area (Å²) < 4.78 is 0. The number of nitrogens with one attached hydrogen (secondary N) is 2. The van der Waals surface area contributed by atoms with Crippen molar-refractivity contribution in [2.45, 2.75) is 4.90 Å². The smallest absolute Gasteiger partial charge is 0.258 e. The van der Waals surface area contributed by atoms with Crippen molar-refractivity contribution >= 4 is 58.4 Å². The Morgan fingerprint density at radius 1 is 0.905 bits per heavy atom. The highest BCUT2D eigenvalue weighted by molar-refractivity contribution is 8.00. The average Bonchev–Trinajstić information content (AvgIpc) is 3.43. The highest BCUT2D eigenvalue weighted by Gasteiger charge is 2.21. The molecule has 10 nitrogen and oxygen atoms in total. The number of anilines is 2. The van der Waals surface area contributed by atoms with E-state index in [4.69, 9.17) is 11.6 Å². The monoisotopic (exact) mass is 605 g/mol. The zero-order valence-corrected chi connectivity index (χ0v) is 25.0. The number of benzene rings is 2. The Morgan fingerprint density at radius 2 is 1.67 bits per heavy atom. The molecule has 12 heteroatoms. The second-order valence-corrected chi connectivity index (χ2v) is 11.6. The van der Waals surface area contributed by atoms with Crippen LogP contribution >= 0.6 is 23.4 Å². The fraction of sp³-hybridized carbons (Fsp3) is 0.300. The van der Waals surface area contributed by atoms with Crippen molar-refractivity contribution < 1.29 is 14.4 Å². The molecule has 3 heterocycles. The summed E-state index contributed by atoms with van der Waals surface area (Å²) in [4.78, 5) is 54.9. The van der Waals surface area contributed by atoms with Gasteiger partial charge in [0.15, 0.2) is 0 Å². The molecule has 0 bridgehead atoms. The molecule has 1 aromatic heterocycles. The van der Waals surface area contributed by atoms with Crippen LogP contribution in [-0.4, -0.2) is 102 Å². The first kappa shape index (κ1) is 29.6. The number of thioether (sulfide) groups is 1. The molecule has 0 spiro atoms. The van der Waals surface area contributed by atoms with Crippen LogP contribution in [0.4, 0.5) is 11.5 Å². The standard InChI is InChI=1S/C30H32ClN7O3S/c1-36-13-15-38(16-14-36)27(39)19-42-23-8-9-25(24(17-23)30(41)35-26-10-7-22(31)18-33-26)34-29(40)21-5-3-20(4-6-21)28-32-11-12-37(28)2/h3-10,17-18H,11-16,19H2,1-2H3,(H,34,40)(H,33,35,41). The number of pyridine rings is 1. The van der Waals surface area contributed by atoms with E-state index in [0.29, 0.717) is 35.2 Å². The minimum absolute atomic E-state index is 0.0556. The van der Waals surface area contributed by atoms with E-state index in [1.165, 1.54) is 18.0 Å². The van der Waals surface area contributed by atoms with Crippen LogP contribution in [0.15, 0.2) is 70.7 Å². The van der Waals surface area contributed by atoms with Crippen LogP contribution in [0, 0.1) is 0 Å². The highest BCUT2D eigenvalue weighted by Crippen LogP contribution is 2.27. The summed E-state index contributed by atoms with van der Waals surface area (Å²) in [5.74, 6) is 0.719. The van der Waals surface area contributed by atoms with E-state index >= 15 is 0 Å². The van der Waals surface area contributed by atoms with Crippen molar-refractivity contribution in [3.05, 3.63) is 82.5 Å². The summed E-state index contributed by atoms with van der Waals surface area (Å²) in [6.45, 7) is 4.72. The lowest BCUT2D eigenvalue weighted by Gasteiger charge is -2.32. The molecule has 2 aliphatic rings. The normalized spacial score (nSPS) is 15.4. The molecule has 0 unspecified atom stereocenters. The van der Waals surface area contributed by atoms with Gasteiger partial charge in [-0.15, -0.1) is 11.8 Å². The van der Waals surface area contributed by atoms with Gasteiger partial charge in [-0.2, -0.15) is 0 Å². The number of aromatic nitrogens is 1. The molecule has 2 N–H and O–H groups in total. The quantitative estimate of drug-likeness (QED) is 0.376. The van der Waals surface area contributed by atoms with Gasteiger partial charge in [0, 0.05) is 62.0 Å². The minimum Gasteiger partial charge on any atom is -0.358 e. The maximum Gasteiger partial charge on any atom is 0.258 e. The van der Waals surface area contributed by atoms with Crippen LogP contribution in [0.25, 0.3) is 0 Å². The van der Waals surface area contributed by atoms with Crippen molar-refractivity contribution in [1.82, 2.24) is 19.7 Å². The molecule has 2 aliphatic heterocycles. The zero-order valence-electron chi connectivity index (χ0n) is 23.5. The average molecular weight is 606 g/mol. The summed E-state index contributed by atoms with van der Waals surface area (Å²) in [6.07, 6.45) is 1.44. The molecule has 42 heavy (non-hydrogen) atoms. The predicted octanol–water partition coefficient (Wildman–Crippen LogP) is 3.80. The molecule has 2 aromatic carbocycles. The zero-order chi connectivity index (χ0) is 29.6. The van der Waals surface area contributed by atoms with Gasteiger partial charge in [-0.05, 0) is 49.5 Å². The van der Waals surface area contributed by atoms with E-state index in [1.54, 1.807) is 42.5 Å². The molecule has 3 aromatic rings. The van der Waals surface area contributed by atoms with Gasteiger partial charge >= 0.3 is 0 Å². The van der Waals surface area contributed by atoms with Gasteiger partial charge < -0.3 is 25.3 Å². The van der Waals surface area contributed by atoms with Gasteiger partial charge in [-0.1, -0.05) is 23.7 Å². The number of likely N-dealkylation sites (N-methyl/N-ethyl adjacent to an activating group) is 2. The third kappa shape index (κ3) is 7.28. The van der Waals surface area contributed by atoms with Crippen molar-refractivity contribution in [3.8, 4) is 0 Å². The van der Waals surface area contributed by atoms with Gasteiger partial charge in [-0.25, -0.2) is 4.98 Å². The van der Waals surface area contributed by atoms with Gasteiger partial charge in [0.25, 0.3) is 11.8 Å². The Hall–Kier alpha value is -3.93. The van der Waals surface area contributed by atoms with Gasteiger partial charge in [0.1, 0.15) is 11.7 Å². The lowest BCUT2D eigenvalue weighted by atomic mass is 10.1. The van der Waals surface area contributed by atoms with Gasteiger partial charge in [0.05, 0.1) is 28.6 Å². The number of carbonyl (C=O) groups is 3. The van der Waals surface area contributed by atoms with E-state index < -0.39 is 5.91 Å². The maximum absolute atomic E-state index is 13.4. The molecule has 5 rings (SSSR count). The molecule has 3 amide bonds. The van der Waals surface area contributed by atoms with E-state index in [1.807, 2.05) is 31.1 Å². The Bertz CT molecular complexity index is 1490. The number of hydrogen-bond donors (Lipinski definition) is 2. The summed E-state index contributed by atoms with van der Waals surface area (Å²) in [5.41, 5.74) is 1.97. The van der Waals surface area contributed by atoms with E-state index in [9.17, 15) is 14.4 Å². The third-order valence-electron chi connectivity index (χ3n) is 7.13. The lowest BCUT2D eigenvalue weighted by Crippen LogP contribution is -2.47. The maximum atomic E-state index is 13.4. The van der Waals surface area contributed by atoms with Crippen LogP contribution in [0.5, 0.6) is 0 Å². The fourth-order valence-corrected chi connectivity index (χ4v) is 5.59. The first-order chi connectivity index (χ1) is 20.3. The first-order valence-corrected chi connectivity index (χ1v) is 15.0. The number of halogens is 1. The summed E-state index contributed by atoms with van der Waals surface area (Å²) >= 11 is 7.29. The molecular weight excluding hydrogens is 574 g/mol. The van der Waals surface area contributed by atoms with E-state index in [-0.39, 0.29) is 23.1 Å². The lowest BCUT2D eigenvalue weighted by molar-refractivity contribution is -0.129. The van der Waals surface area contributed by atoms with Crippen LogP contribution in [0.2, 0.25) is 5.02 Å². The SMILES string of the molecule is CN1CCN(C(=O)CSc2ccc(NC(=O)c3ccc(C4=NCCN4C)cc3)c(C(=O)Nc3ccc(Cl)cn3)c2)CC1. The minimum atomic E-state index is -0.453. The Balaban J connectivity index is 1.32. The number of aliphatic imine (C=N–C) groups is 1.